The van der Waals surface area contributed by atoms with Crippen LogP contribution in [0.3, 0.4) is 0 Å². The minimum Gasteiger partial charge on any atom is -0.395 e. The van der Waals surface area contributed by atoms with Crippen molar-refractivity contribution in [1.82, 2.24) is 9.80 Å². The zero-order valence-electron chi connectivity index (χ0n) is 13.3. The van der Waals surface area contributed by atoms with Crippen LogP contribution in [0.2, 0.25) is 0 Å². The van der Waals surface area contributed by atoms with E-state index in [4.69, 9.17) is 0 Å². The molecule has 112 valence electrons. The largest absolute Gasteiger partial charge is 0.395 e. The maximum Gasteiger partial charge on any atom is 0.0599 e. The number of nitrogens with zero attached hydrogens (tertiary/aromatic N) is 2. The van der Waals surface area contributed by atoms with Gasteiger partial charge in [-0.05, 0) is 23.6 Å². The van der Waals surface area contributed by atoms with Gasteiger partial charge < -0.3 is 5.11 Å². The summed E-state index contributed by atoms with van der Waals surface area (Å²) in [5.41, 5.74) is 2.97. The maximum atomic E-state index is 9.43. The van der Waals surface area contributed by atoms with Gasteiger partial charge in [0.05, 0.1) is 6.61 Å². The summed E-state index contributed by atoms with van der Waals surface area (Å²) in [6.07, 6.45) is 0. The van der Waals surface area contributed by atoms with E-state index in [1.807, 2.05) is 0 Å². The smallest absolute Gasteiger partial charge is 0.0599 e. The predicted molar refractivity (Wildman–Crippen MR) is 83.9 cm³/mol. The van der Waals surface area contributed by atoms with E-state index in [2.05, 4.69) is 61.9 Å². The van der Waals surface area contributed by atoms with Crippen LogP contribution in [-0.4, -0.2) is 54.2 Å². The van der Waals surface area contributed by atoms with Crippen molar-refractivity contribution in [3.05, 3.63) is 35.4 Å². The monoisotopic (exact) mass is 276 g/mol. The molecule has 0 saturated carbocycles. The van der Waals surface area contributed by atoms with Gasteiger partial charge in [-0.1, -0.05) is 45.0 Å². The zero-order valence-corrected chi connectivity index (χ0v) is 13.3. The molecule has 0 spiro atoms. The molecule has 1 N–H and O–H groups in total. The highest BCUT2D eigenvalue weighted by Crippen LogP contribution is 2.23. The molecule has 1 aromatic rings. The Morgan fingerprint density at radius 2 is 2.00 bits per heavy atom. The third-order valence-electron chi connectivity index (χ3n) is 4.27. The zero-order chi connectivity index (χ0) is 14.8. The fraction of sp³-hybridized carbons (Fsp3) is 0.647. The van der Waals surface area contributed by atoms with Crippen molar-refractivity contribution in [1.29, 1.82) is 0 Å². The molecular weight excluding hydrogens is 248 g/mol. The fourth-order valence-electron chi connectivity index (χ4n) is 2.75. The van der Waals surface area contributed by atoms with E-state index in [0.717, 1.165) is 26.2 Å². The Morgan fingerprint density at radius 1 is 1.25 bits per heavy atom. The van der Waals surface area contributed by atoms with Gasteiger partial charge in [-0.2, -0.15) is 0 Å². The molecule has 0 aromatic heterocycles. The van der Waals surface area contributed by atoms with Gasteiger partial charge in [-0.15, -0.1) is 0 Å². The first-order chi connectivity index (χ1) is 9.40. The van der Waals surface area contributed by atoms with Crippen molar-refractivity contribution in [2.75, 3.05) is 33.3 Å². The predicted octanol–water partition coefficient (Wildman–Crippen LogP) is 2.09. The number of likely N-dealkylation sites (N-methyl/N-ethyl adjacent to an activating group) is 1. The fourth-order valence-corrected chi connectivity index (χ4v) is 2.75. The highest BCUT2D eigenvalue weighted by atomic mass is 16.3. The van der Waals surface area contributed by atoms with Crippen molar-refractivity contribution < 1.29 is 5.11 Å². The Bertz CT molecular complexity index is 439. The number of rotatable bonds is 3. The number of piperazine rings is 1. The number of aliphatic hydroxyl groups is 1. The Labute approximate surface area is 123 Å². The minimum atomic E-state index is 0.200. The van der Waals surface area contributed by atoms with Crippen LogP contribution in [0.4, 0.5) is 0 Å². The van der Waals surface area contributed by atoms with Crippen molar-refractivity contribution >= 4 is 0 Å². The van der Waals surface area contributed by atoms with Crippen LogP contribution in [0.15, 0.2) is 24.3 Å². The summed E-state index contributed by atoms with van der Waals surface area (Å²) in [6.45, 7) is 11.0. The van der Waals surface area contributed by atoms with Crippen molar-refractivity contribution in [2.45, 2.75) is 38.8 Å². The van der Waals surface area contributed by atoms with E-state index in [1.165, 1.54) is 11.1 Å². The highest BCUT2D eigenvalue weighted by molar-refractivity contribution is 5.28. The van der Waals surface area contributed by atoms with Gasteiger partial charge in [-0.3, -0.25) is 9.80 Å². The van der Waals surface area contributed by atoms with E-state index in [1.54, 1.807) is 0 Å². The molecule has 1 saturated heterocycles. The van der Waals surface area contributed by atoms with E-state index >= 15 is 0 Å². The van der Waals surface area contributed by atoms with Gasteiger partial charge in [-0.25, -0.2) is 0 Å². The molecule has 0 amide bonds. The highest BCUT2D eigenvalue weighted by Gasteiger charge is 2.23. The van der Waals surface area contributed by atoms with Crippen molar-refractivity contribution in [3.63, 3.8) is 0 Å². The molecule has 3 heteroatoms. The van der Waals surface area contributed by atoms with Gasteiger partial charge >= 0.3 is 0 Å². The van der Waals surface area contributed by atoms with E-state index in [9.17, 15) is 5.11 Å². The number of aliphatic hydroxyl groups excluding tert-OH is 1. The second-order valence-electron chi connectivity index (χ2n) is 7.00. The molecular formula is C17H28N2O. The van der Waals surface area contributed by atoms with Crippen LogP contribution in [0.1, 0.15) is 31.9 Å². The van der Waals surface area contributed by atoms with Gasteiger partial charge in [0.2, 0.25) is 0 Å². The Hall–Kier alpha value is -0.900. The third-order valence-corrected chi connectivity index (χ3v) is 4.27. The summed E-state index contributed by atoms with van der Waals surface area (Å²) in [5, 5.41) is 9.43. The van der Waals surface area contributed by atoms with Crippen LogP contribution in [-0.2, 0) is 12.0 Å². The molecule has 1 aliphatic heterocycles. The molecule has 1 aromatic carbocycles. The lowest BCUT2D eigenvalue weighted by molar-refractivity contribution is 0.0540. The molecule has 1 heterocycles. The normalized spacial score (nSPS) is 22.1. The lowest BCUT2D eigenvalue weighted by Crippen LogP contribution is -2.52. The average molecular weight is 276 g/mol. The van der Waals surface area contributed by atoms with E-state index in [0.29, 0.717) is 0 Å². The standard InChI is InChI=1S/C17H28N2O/c1-17(2,3)15-7-5-6-14(10-15)11-19-9-8-18(4)16(12-19)13-20/h5-7,10,16,20H,8-9,11-13H2,1-4H3. The topological polar surface area (TPSA) is 26.7 Å². The number of benzene rings is 1. The number of hydrogen-bond acceptors (Lipinski definition) is 3. The summed E-state index contributed by atoms with van der Waals surface area (Å²) in [6, 6.07) is 9.18. The summed E-state index contributed by atoms with van der Waals surface area (Å²) < 4.78 is 0. The maximum absolute atomic E-state index is 9.43. The molecule has 1 unspecified atom stereocenters. The quantitative estimate of drug-likeness (QED) is 0.916. The van der Waals surface area contributed by atoms with E-state index < -0.39 is 0 Å². The molecule has 1 aliphatic rings. The molecule has 1 atom stereocenters. The SMILES string of the molecule is CN1CCN(Cc2cccc(C(C)(C)C)c2)CC1CO. The summed E-state index contributed by atoms with van der Waals surface area (Å²) in [7, 11) is 2.10. The first kappa shape index (κ1) is 15.5. The van der Waals surface area contributed by atoms with Gasteiger partial charge in [0.25, 0.3) is 0 Å². The van der Waals surface area contributed by atoms with Crippen LogP contribution in [0.5, 0.6) is 0 Å². The van der Waals surface area contributed by atoms with E-state index in [-0.39, 0.29) is 18.1 Å². The van der Waals surface area contributed by atoms with Gasteiger partial charge in [0, 0.05) is 32.2 Å². The molecule has 0 aliphatic carbocycles. The lowest BCUT2D eigenvalue weighted by atomic mass is 9.86. The van der Waals surface area contributed by atoms with Gasteiger partial charge in [0.1, 0.15) is 0 Å². The molecule has 1 fully saturated rings. The average Bonchev–Trinajstić information content (AvgIpc) is 2.40. The summed E-state index contributed by atoms with van der Waals surface area (Å²) in [5.74, 6) is 0. The van der Waals surface area contributed by atoms with Crippen LogP contribution in [0, 0.1) is 0 Å². The second kappa shape index (κ2) is 6.25. The van der Waals surface area contributed by atoms with Crippen LogP contribution in [0.25, 0.3) is 0 Å². The summed E-state index contributed by atoms with van der Waals surface area (Å²) in [4.78, 5) is 4.70. The van der Waals surface area contributed by atoms with Gasteiger partial charge in [0.15, 0.2) is 0 Å². The second-order valence-corrected chi connectivity index (χ2v) is 7.00. The number of hydrogen-bond donors (Lipinski definition) is 1. The molecule has 2 rings (SSSR count). The lowest BCUT2D eigenvalue weighted by Gasteiger charge is -2.38. The Balaban J connectivity index is 2.03. The van der Waals surface area contributed by atoms with Crippen molar-refractivity contribution in [3.8, 4) is 0 Å². The van der Waals surface area contributed by atoms with Crippen molar-refractivity contribution in [2.24, 2.45) is 0 Å². The molecule has 3 nitrogen and oxygen atoms in total. The minimum absolute atomic E-state index is 0.200. The molecule has 20 heavy (non-hydrogen) atoms. The first-order valence-corrected chi connectivity index (χ1v) is 7.53. The first-order valence-electron chi connectivity index (χ1n) is 7.53. The van der Waals surface area contributed by atoms with Crippen LogP contribution < -0.4 is 0 Å². The Morgan fingerprint density at radius 3 is 2.65 bits per heavy atom. The molecule has 0 bridgehead atoms. The third kappa shape index (κ3) is 3.81. The molecule has 0 radical (unpaired) electrons. The Kier molecular flexibility index (Phi) is 4.84. The van der Waals surface area contributed by atoms with Crippen LogP contribution >= 0.6 is 0 Å². The summed E-state index contributed by atoms with van der Waals surface area (Å²) >= 11 is 0.